The van der Waals surface area contributed by atoms with Crippen LogP contribution in [-0.4, -0.2) is 34.5 Å². The largest absolute Gasteiger partial charge is 0.481 e. The standard InChI is InChI=1S/C11H19NO3/c1-7(2)4-8(3)12-6-9(11(14)15)5-10(12)13/h7-9H,4-6H2,1-3H3,(H,14,15). The number of carboxylic acid groups (broad SMARTS) is 1. The molecule has 15 heavy (non-hydrogen) atoms. The van der Waals surface area contributed by atoms with Gasteiger partial charge in [-0.2, -0.15) is 0 Å². The third kappa shape index (κ3) is 2.94. The molecule has 0 aromatic rings. The van der Waals surface area contributed by atoms with E-state index in [1.54, 1.807) is 4.90 Å². The number of nitrogens with zero attached hydrogens (tertiary/aromatic N) is 1. The Bertz CT molecular complexity index is 263. The quantitative estimate of drug-likeness (QED) is 0.767. The number of hydrogen-bond donors (Lipinski definition) is 1. The lowest BCUT2D eigenvalue weighted by Gasteiger charge is -2.25. The van der Waals surface area contributed by atoms with Gasteiger partial charge in [0.05, 0.1) is 5.92 Å². The van der Waals surface area contributed by atoms with Crippen LogP contribution in [0.3, 0.4) is 0 Å². The summed E-state index contributed by atoms with van der Waals surface area (Å²) in [6, 6.07) is 0.154. The van der Waals surface area contributed by atoms with Gasteiger partial charge in [0.2, 0.25) is 5.91 Å². The van der Waals surface area contributed by atoms with Crippen LogP contribution in [0, 0.1) is 11.8 Å². The van der Waals surface area contributed by atoms with Crippen molar-refractivity contribution in [2.24, 2.45) is 11.8 Å². The first-order valence-corrected chi connectivity index (χ1v) is 5.44. The van der Waals surface area contributed by atoms with Crippen molar-refractivity contribution in [3.63, 3.8) is 0 Å². The van der Waals surface area contributed by atoms with Gasteiger partial charge in [-0.05, 0) is 19.3 Å². The highest BCUT2D eigenvalue weighted by Gasteiger charge is 2.36. The predicted octanol–water partition coefficient (Wildman–Crippen LogP) is 1.35. The van der Waals surface area contributed by atoms with Gasteiger partial charge in [-0.25, -0.2) is 0 Å². The minimum atomic E-state index is -0.859. The van der Waals surface area contributed by atoms with E-state index in [1.807, 2.05) is 6.92 Å². The van der Waals surface area contributed by atoms with Gasteiger partial charge in [-0.1, -0.05) is 13.8 Å². The van der Waals surface area contributed by atoms with Gasteiger partial charge < -0.3 is 10.0 Å². The summed E-state index contributed by atoms with van der Waals surface area (Å²) in [4.78, 5) is 24.0. The summed E-state index contributed by atoms with van der Waals surface area (Å²) in [6.07, 6.45) is 1.09. The molecular weight excluding hydrogens is 194 g/mol. The van der Waals surface area contributed by atoms with Crippen LogP contribution >= 0.6 is 0 Å². The second-order valence-corrected chi connectivity index (χ2v) is 4.76. The van der Waals surface area contributed by atoms with Crippen LogP contribution in [0.25, 0.3) is 0 Å². The third-order valence-electron chi connectivity index (χ3n) is 2.85. The van der Waals surface area contributed by atoms with Gasteiger partial charge in [0, 0.05) is 19.0 Å². The molecule has 1 aliphatic heterocycles. The highest BCUT2D eigenvalue weighted by molar-refractivity contribution is 5.86. The third-order valence-corrected chi connectivity index (χ3v) is 2.85. The van der Waals surface area contributed by atoms with E-state index in [2.05, 4.69) is 13.8 Å². The van der Waals surface area contributed by atoms with Crippen molar-refractivity contribution < 1.29 is 14.7 Å². The zero-order valence-corrected chi connectivity index (χ0v) is 9.56. The smallest absolute Gasteiger partial charge is 0.308 e. The fourth-order valence-corrected chi connectivity index (χ4v) is 2.13. The second-order valence-electron chi connectivity index (χ2n) is 4.76. The van der Waals surface area contributed by atoms with Gasteiger partial charge in [0.1, 0.15) is 0 Å². The zero-order chi connectivity index (χ0) is 11.6. The van der Waals surface area contributed by atoms with Gasteiger partial charge in [0.15, 0.2) is 0 Å². The van der Waals surface area contributed by atoms with E-state index in [0.29, 0.717) is 12.5 Å². The molecule has 4 heteroatoms. The van der Waals surface area contributed by atoms with Gasteiger partial charge in [0.25, 0.3) is 0 Å². The Hall–Kier alpha value is -1.06. The maximum absolute atomic E-state index is 11.6. The Morgan fingerprint density at radius 2 is 2.13 bits per heavy atom. The van der Waals surface area contributed by atoms with Gasteiger partial charge in [-0.15, -0.1) is 0 Å². The molecule has 1 rings (SSSR count). The minimum Gasteiger partial charge on any atom is -0.481 e. The molecule has 86 valence electrons. The molecule has 0 saturated carbocycles. The summed E-state index contributed by atoms with van der Waals surface area (Å²) in [5.74, 6) is -0.859. The van der Waals surface area contributed by atoms with Crippen LogP contribution in [0.4, 0.5) is 0 Å². The van der Waals surface area contributed by atoms with Crippen molar-refractivity contribution in [2.45, 2.75) is 39.7 Å². The molecule has 1 N–H and O–H groups in total. The van der Waals surface area contributed by atoms with Crippen LogP contribution < -0.4 is 0 Å². The molecule has 1 fully saturated rings. The molecule has 1 heterocycles. The van der Waals surface area contributed by atoms with E-state index in [0.717, 1.165) is 6.42 Å². The fraction of sp³-hybridized carbons (Fsp3) is 0.818. The first kappa shape index (κ1) is 12.0. The Morgan fingerprint density at radius 1 is 1.53 bits per heavy atom. The number of likely N-dealkylation sites (tertiary alicyclic amines) is 1. The van der Waals surface area contributed by atoms with Crippen molar-refractivity contribution >= 4 is 11.9 Å². The number of aliphatic carboxylic acids is 1. The Morgan fingerprint density at radius 3 is 2.53 bits per heavy atom. The fourth-order valence-electron chi connectivity index (χ4n) is 2.13. The summed E-state index contributed by atoms with van der Waals surface area (Å²) < 4.78 is 0. The van der Waals surface area contributed by atoms with Crippen molar-refractivity contribution in [3.05, 3.63) is 0 Å². The molecule has 0 radical (unpaired) electrons. The maximum Gasteiger partial charge on any atom is 0.308 e. The summed E-state index contributed by atoms with van der Waals surface area (Å²) in [7, 11) is 0. The van der Waals surface area contributed by atoms with Gasteiger partial charge >= 0.3 is 5.97 Å². The molecule has 4 nitrogen and oxygen atoms in total. The number of rotatable bonds is 4. The van der Waals surface area contributed by atoms with E-state index in [-0.39, 0.29) is 18.4 Å². The Labute approximate surface area is 90.3 Å². The molecule has 0 aliphatic carbocycles. The zero-order valence-electron chi connectivity index (χ0n) is 9.56. The lowest BCUT2D eigenvalue weighted by atomic mass is 10.0. The SMILES string of the molecule is CC(C)CC(C)N1CC(C(=O)O)CC1=O. The highest BCUT2D eigenvalue weighted by Crippen LogP contribution is 2.23. The number of carbonyl (C=O) groups is 2. The molecule has 0 aromatic heterocycles. The molecule has 0 aromatic carbocycles. The average molecular weight is 213 g/mol. The highest BCUT2D eigenvalue weighted by atomic mass is 16.4. The normalized spacial score (nSPS) is 23.6. The number of amides is 1. The molecular formula is C11H19NO3. The first-order chi connectivity index (χ1) is 6.91. The Balaban J connectivity index is 2.57. The summed E-state index contributed by atoms with van der Waals surface area (Å²) in [5, 5.41) is 8.83. The second kappa shape index (κ2) is 4.64. The summed E-state index contributed by atoms with van der Waals surface area (Å²) in [6.45, 7) is 6.57. The molecule has 1 amide bonds. The van der Waals surface area contributed by atoms with Crippen LogP contribution in [0.1, 0.15) is 33.6 Å². The summed E-state index contributed by atoms with van der Waals surface area (Å²) >= 11 is 0. The maximum atomic E-state index is 11.6. The first-order valence-electron chi connectivity index (χ1n) is 5.44. The predicted molar refractivity (Wildman–Crippen MR) is 56.4 cm³/mol. The molecule has 0 bridgehead atoms. The molecule has 2 unspecified atom stereocenters. The van der Waals surface area contributed by atoms with Crippen molar-refractivity contribution in [1.82, 2.24) is 4.90 Å². The number of hydrogen-bond acceptors (Lipinski definition) is 2. The Kier molecular flexibility index (Phi) is 3.72. The molecule has 0 spiro atoms. The van der Waals surface area contributed by atoms with E-state index >= 15 is 0 Å². The van der Waals surface area contributed by atoms with E-state index in [4.69, 9.17) is 5.11 Å². The average Bonchev–Trinajstić information content (AvgIpc) is 2.46. The minimum absolute atomic E-state index is 0.0180. The van der Waals surface area contributed by atoms with Crippen LogP contribution in [0.5, 0.6) is 0 Å². The molecule has 2 atom stereocenters. The van der Waals surface area contributed by atoms with E-state index < -0.39 is 11.9 Å². The van der Waals surface area contributed by atoms with Crippen LogP contribution in [-0.2, 0) is 9.59 Å². The summed E-state index contributed by atoms with van der Waals surface area (Å²) in [5.41, 5.74) is 0. The number of carboxylic acids is 1. The van der Waals surface area contributed by atoms with Crippen molar-refractivity contribution in [1.29, 1.82) is 0 Å². The monoisotopic (exact) mass is 213 g/mol. The molecule has 1 aliphatic rings. The van der Waals surface area contributed by atoms with Crippen LogP contribution in [0.2, 0.25) is 0 Å². The molecule has 1 saturated heterocycles. The van der Waals surface area contributed by atoms with E-state index in [9.17, 15) is 9.59 Å². The lowest BCUT2D eigenvalue weighted by Crippen LogP contribution is -2.35. The van der Waals surface area contributed by atoms with E-state index in [1.165, 1.54) is 0 Å². The van der Waals surface area contributed by atoms with Crippen molar-refractivity contribution in [2.75, 3.05) is 6.54 Å². The van der Waals surface area contributed by atoms with Gasteiger partial charge in [-0.3, -0.25) is 9.59 Å². The van der Waals surface area contributed by atoms with Crippen molar-refractivity contribution in [3.8, 4) is 0 Å². The van der Waals surface area contributed by atoms with Crippen LogP contribution in [0.15, 0.2) is 0 Å². The lowest BCUT2D eigenvalue weighted by molar-refractivity contribution is -0.141. The number of carbonyl (C=O) groups excluding carboxylic acids is 1. The topological polar surface area (TPSA) is 57.6 Å².